The Morgan fingerprint density at radius 3 is 2.44 bits per heavy atom. The van der Waals surface area contributed by atoms with E-state index in [-0.39, 0.29) is 41.0 Å². The van der Waals surface area contributed by atoms with Crippen molar-refractivity contribution in [3.63, 3.8) is 0 Å². The van der Waals surface area contributed by atoms with Gasteiger partial charge in [-0.3, -0.25) is 4.79 Å². The molecule has 2 heterocycles. The van der Waals surface area contributed by atoms with Crippen molar-refractivity contribution >= 4 is 23.4 Å². The number of hydrogen-bond donors (Lipinski definition) is 0. The second-order valence-electron chi connectivity index (χ2n) is 9.62. The molecule has 2 aromatic heterocycles. The standard InChI is InChI=1S/C27H33FN4O6S/c1-7-9-14-37-23-21(25(34)36-8-2)32(31(6)26(35)38-27(3,4)5)16-19(22(23)33)24-30-29-20(39-24)15-17-10-12-18(28)13-11-17/h10-13,16H,7-9,14-15H2,1-6H3. The number of esters is 1. The first kappa shape index (κ1) is 29.8. The molecule has 0 aliphatic heterocycles. The average molecular weight is 561 g/mol. The van der Waals surface area contributed by atoms with Crippen molar-refractivity contribution in [1.82, 2.24) is 14.9 Å². The highest BCUT2D eigenvalue weighted by Crippen LogP contribution is 2.27. The number of amides is 1. The van der Waals surface area contributed by atoms with E-state index in [9.17, 15) is 18.8 Å². The summed E-state index contributed by atoms with van der Waals surface area (Å²) in [6, 6.07) is 6.01. The Balaban J connectivity index is 2.15. The van der Waals surface area contributed by atoms with Crippen LogP contribution in [0.2, 0.25) is 0 Å². The van der Waals surface area contributed by atoms with Crippen molar-refractivity contribution in [2.45, 2.75) is 59.5 Å². The summed E-state index contributed by atoms with van der Waals surface area (Å²) in [6.07, 6.45) is 2.37. The van der Waals surface area contributed by atoms with Crippen LogP contribution in [-0.4, -0.2) is 52.8 Å². The first-order chi connectivity index (χ1) is 18.4. The molecule has 10 nitrogen and oxygen atoms in total. The molecule has 0 spiro atoms. The summed E-state index contributed by atoms with van der Waals surface area (Å²) in [5, 5.41) is 10.3. The van der Waals surface area contributed by atoms with Gasteiger partial charge in [0, 0.05) is 19.7 Å². The van der Waals surface area contributed by atoms with Gasteiger partial charge in [0.05, 0.1) is 18.8 Å². The Hall–Kier alpha value is -3.80. The molecule has 0 bridgehead atoms. The minimum Gasteiger partial charge on any atom is -0.487 e. The SMILES string of the molecule is CCCCOc1c(C(=O)OCC)n(N(C)C(=O)OC(C)(C)C)cc(-c2nnc(Cc3ccc(F)cc3)s2)c1=O. The molecular weight excluding hydrogens is 527 g/mol. The van der Waals surface area contributed by atoms with Gasteiger partial charge < -0.3 is 14.2 Å². The van der Waals surface area contributed by atoms with Crippen molar-refractivity contribution in [2.75, 3.05) is 25.3 Å². The maximum atomic E-state index is 13.7. The molecule has 0 radical (unpaired) electrons. The number of unbranched alkanes of at least 4 members (excludes halogenated alkanes) is 1. The molecule has 39 heavy (non-hydrogen) atoms. The highest BCUT2D eigenvalue weighted by molar-refractivity contribution is 7.14. The van der Waals surface area contributed by atoms with E-state index in [1.54, 1.807) is 39.8 Å². The quantitative estimate of drug-likeness (QED) is 0.253. The number of aromatic nitrogens is 3. The third kappa shape index (κ3) is 7.62. The molecule has 0 saturated heterocycles. The summed E-state index contributed by atoms with van der Waals surface area (Å²) in [7, 11) is 1.40. The number of ether oxygens (including phenoxy) is 3. The van der Waals surface area contributed by atoms with Crippen LogP contribution in [0.5, 0.6) is 5.75 Å². The van der Waals surface area contributed by atoms with Crippen LogP contribution in [0.1, 0.15) is 68.5 Å². The molecular formula is C27H33FN4O6S. The number of carbonyl (C=O) groups excluding carboxylic acids is 2. The van der Waals surface area contributed by atoms with Crippen LogP contribution in [0.25, 0.3) is 10.6 Å². The van der Waals surface area contributed by atoms with Gasteiger partial charge >= 0.3 is 12.1 Å². The number of halogens is 1. The second-order valence-corrected chi connectivity index (χ2v) is 10.7. The molecule has 0 fully saturated rings. The van der Waals surface area contributed by atoms with E-state index in [0.29, 0.717) is 17.8 Å². The van der Waals surface area contributed by atoms with Crippen molar-refractivity contribution in [1.29, 1.82) is 0 Å². The number of hydrogen-bond acceptors (Lipinski definition) is 9. The van der Waals surface area contributed by atoms with Crippen LogP contribution >= 0.6 is 11.3 Å². The van der Waals surface area contributed by atoms with Crippen molar-refractivity contribution in [2.24, 2.45) is 0 Å². The summed E-state index contributed by atoms with van der Waals surface area (Å²) >= 11 is 1.16. The lowest BCUT2D eigenvalue weighted by Gasteiger charge is -2.28. The van der Waals surface area contributed by atoms with Crippen LogP contribution < -0.4 is 15.2 Å². The maximum Gasteiger partial charge on any atom is 0.429 e. The molecule has 0 saturated carbocycles. The third-order valence-corrected chi connectivity index (χ3v) is 6.26. The van der Waals surface area contributed by atoms with E-state index in [1.165, 1.54) is 30.1 Å². The van der Waals surface area contributed by atoms with Crippen LogP contribution in [0.15, 0.2) is 35.3 Å². The van der Waals surface area contributed by atoms with Crippen molar-refractivity contribution in [3.05, 3.63) is 62.8 Å². The summed E-state index contributed by atoms with van der Waals surface area (Å²) in [5.74, 6) is -1.44. The smallest absolute Gasteiger partial charge is 0.429 e. The summed E-state index contributed by atoms with van der Waals surface area (Å²) in [5.41, 5.74) is -0.750. The van der Waals surface area contributed by atoms with Gasteiger partial charge in [-0.05, 0) is 51.8 Å². The van der Waals surface area contributed by atoms with E-state index >= 15 is 0 Å². The van der Waals surface area contributed by atoms with E-state index in [0.717, 1.165) is 28.3 Å². The zero-order valence-corrected chi connectivity index (χ0v) is 23.8. The molecule has 12 heteroatoms. The first-order valence-electron chi connectivity index (χ1n) is 12.6. The Morgan fingerprint density at radius 1 is 1.13 bits per heavy atom. The second kappa shape index (κ2) is 12.8. The molecule has 0 aliphatic rings. The lowest BCUT2D eigenvalue weighted by atomic mass is 10.2. The minimum absolute atomic E-state index is 0.0441. The summed E-state index contributed by atoms with van der Waals surface area (Å²) < 4.78 is 31.0. The fraction of sp³-hybridized carbons (Fsp3) is 0.444. The van der Waals surface area contributed by atoms with Gasteiger partial charge in [-0.2, -0.15) is 0 Å². The Kier molecular flexibility index (Phi) is 9.79. The van der Waals surface area contributed by atoms with E-state index < -0.39 is 23.1 Å². The summed E-state index contributed by atoms with van der Waals surface area (Å²) in [6.45, 7) is 8.95. The van der Waals surface area contributed by atoms with Crippen LogP contribution in [0.4, 0.5) is 9.18 Å². The maximum absolute atomic E-state index is 13.7. The molecule has 3 rings (SSSR count). The van der Waals surface area contributed by atoms with Crippen molar-refractivity contribution in [3.8, 4) is 16.3 Å². The van der Waals surface area contributed by atoms with E-state index in [4.69, 9.17) is 14.2 Å². The minimum atomic E-state index is -0.836. The molecule has 0 unspecified atom stereocenters. The number of nitrogens with zero attached hydrogens (tertiary/aromatic N) is 4. The van der Waals surface area contributed by atoms with Gasteiger partial charge in [-0.1, -0.05) is 36.8 Å². The van der Waals surface area contributed by atoms with Crippen molar-refractivity contribution < 1.29 is 28.2 Å². The van der Waals surface area contributed by atoms with Gasteiger partial charge in [-0.15, -0.1) is 10.2 Å². The van der Waals surface area contributed by atoms with Gasteiger partial charge in [0.2, 0.25) is 11.2 Å². The predicted octanol–water partition coefficient (Wildman–Crippen LogP) is 4.96. The van der Waals surface area contributed by atoms with E-state index in [2.05, 4.69) is 10.2 Å². The Morgan fingerprint density at radius 2 is 1.82 bits per heavy atom. The molecule has 210 valence electrons. The van der Waals surface area contributed by atoms with Gasteiger partial charge in [0.15, 0.2) is 10.7 Å². The topological polar surface area (TPSA) is 113 Å². The molecule has 3 aromatic rings. The predicted molar refractivity (Wildman–Crippen MR) is 146 cm³/mol. The number of pyridine rings is 1. The number of benzene rings is 1. The van der Waals surface area contributed by atoms with Crippen LogP contribution in [0.3, 0.4) is 0 Å². The molecule has 0 N–H and O–H groups in total. The average Bonchev–Trinajstić information content (AvgIpc) is 3.33. The van der Waals surface area contributed by atoms with E-state index in [1.807, 2.05) is 6.92 Å². The fourth-order valence-electron chi connectivity index (χ4n) is 3.43. The fourth-order valence-corrected chi connectivity index (χ4v) is 4.31. The van der Waals surface area contributed by atoms with Gasteiger partial charge in [0.25, 0.3) is 0 Å². The zero-order chi connectivity index (χ0) is 28.7. The molecule has 0 atom stereocenters. The lowest BCUT2D eigenvalue weighted by molar-refractivity contribution is 0.0492. The van der Waals surface area contributed by atoms with Crippen LogP contribution in [0, 0.1) is 5.82 Å². The van der Waals surface area contributed by atoms with Crippen LogP contribution in [-0.2, 0) is 15.9 Å². The first-order valence-corrected chi connectivity index (χ1v) is 13.4. The Labute approximate surface area is 230 Å². The third-order valence-electron chi connectivity index (χ3n) is 5.31. The number of rotatable bonds is 10. The Bertz CT molecular complexity index is 1360. The molecule has 0 aliphatic carbocycles. The highest BCUT2D eigenvalue weighted by atomic mass is 32.1. The normalized spacial score (nSPS) is 11.3. The zero-order valence-electron chi connectivity index (χ0n) is 22.9. The monoisotopic (exact) mass is 560 g/mol. The summed E-state index contributed by atoms with van der Waals surface area (Å²) in [4.78, 5) is 39.7. The van der Waals surface area contributed by atoms with Gasteiger partial charge in [0.1, 0.15) is 16.4 Å². The number of carbonyl (C=O) groups is 2. The lowest BCUT2D eigenvalue weighted by Crippen LogP contribution is -2.43. The molecule has 1 amide bonds. The largest absolute Gasteiger partial charge is 0.487 e. The molecule has 1 aromatic carbocycles. The van der Waals surface area contributed by atoms with Gasteiger partial charge in [-0.25, -0.2) is 23.7 Å². The highest BCUT2D eigenvalue weighted by Gasteiger charge is 2.30.